The molecule has 0 atom stereocenters. The molecule has 0 N–H and O–H groups in total. The summed E-state index contributed by atoms with van der Waals surface area (Å²) in [5, 5.41) is 0. The van der Waals surface area contributed by atoms with Crippen molar-refractivity contribution in [2.75, 3.05) is 13.1 Å². The van der Waals surface area contributed by atoms with Crippen molar-refractivity contribution in [2.45, 2.75) is 19.8 Å². The topological polar surface area (TPSA) is 37.4 Å². The second kappa shape index (κ2) is 4.21. The number of allylic oxidation sites excluding steroid dienone is 1. The second-order valence-corrected chi connectivity index (χ2v) is 3.47. The van der Waals surface area contributed by atoms with Crippen LogP contribution in [0.15, 0.2) is 12.2 Å². The van der Waals surface area contributed by atoms with Gasteiger partial charge in [-0.3, -0.25) is 9.59 Å². The molecule has 0 aromatic heterocycles. The van der Waals surface area contributed by atoms with Crippen LogP contribution in [0.2, 0.25) is 0 Å². The van der Waals surface area contributed by atoms with Crippen LogP contribution in [0.25, 0.3) is 0 Å². The van der Waals surface area contributed by atoms with Crippen molar-refractivity contribution < 1.29 is 9.59 Å². The Morgan fingerprint density at radius 1 is 1.46 bits per heavy atom. The van der Waals surface area contributed by atoms with Crippen LogP contribution in [0.3, 0.4) is 0 Å². The zero-order valence-electron chi connectivity index (χ0n) is 7.95. The van der Waals surface area contributed by atoms with Gasteiger partial charge < -0.3 is 4.90 Å². The van der Waals surface area contributed by atoms with Gasteiger partial charge in [0.2, 0.25) is 5.91 Å². The molecule has 72 valence electrons. The summed E-state index contributed by atoms with van der Waals surface area (Å²) in [4.78, 5) is 23.2. The molecule has 0 saturated carbocycles. The maximum absolute atomic E-state index is 11.0. The minimum atomic E-state index is 0.121. The molecule has 0 aromatic rings. The Kier molecular flexibility index (Phi) is 3.23. The number of piperidine rings is 1. The predicted molar refractivity (Wildman–Crippen MR) is 50.2 cm³/mol. The van der Waals surface area contributed by atoms with Gasteiger partial charge in [-0.15, -0.1) is 0 Å². The Morgan fingerprint density at radius 2 is 2.00 bits per heavy atom. The number of amides is 1. The van der Waals surface area contributed by atoms with E-state index in [9.17, 15) is 9.59 Å². The number of likely N-dealkylation sites (tertiary alicyclic amines) is 1. The molecule has 1 amide bonds. The molecular formula is C10H15NO2. The molecule has 3 heteroatoms. The average molecular weight is 181 g/mol. The van der Waals surface area contributed by atoms with Gasteiger partial charge >= 0.3 is 0 Å². The smallest absolute Gasteiger partial charge is 0.219 e. The summed E-state index contributed by atoms with van der Waals surface area (Å²) in [6, 6.07) is 0. The number of hydrogen-bond donors (Lipinski definition) is 0. The van der Waals surface area contributed by atoms with Gasteiger partial charge in [0.15, 0.2) is 0 Å². The molecule has 13 heavy (non-hydrogen) atoms. The van der Waals surface area contributed by atoms with Crippen molar-refractivity contribution in [3.63, 3.8) is 0 Å². The fourth-order valence-electron chi connectivity index (χ4n) is 1.66. The molecule has 1 heterocycles. The quantitative estimate of drug-likeness (QED) is 0.471. The van der Waals surface area contributed by atoms with Crippen LogP contribution in [0.5, 0.6) is 0 Å². The van der Waals surface area contributed by atoms with Gasteiger partial charge in [0, 0.05) is 20.0 Å². The van der Waals surface area contributed by atoms with Crippen LogP contribution in [0, 0.1) is 5.92 Å². The van der Waals surface area contributed by atoms with Gasteiger partial charge in [-0.1, -0.05) is 6.58 Å². The maximum Gasteiger partial charge on any atom is 0.219 e. The molecule has 1 saturated heterocycles. The van der Waals surface area contributed by atoms with Crippen LogP contribution < -0.4 is 0 Å². The number of nitrogens with zero attached hydrogens (tertiary/aromatic N) is 1. The molecule has 3 nitrogen and oxygen atoms in total. The molecule has 1 aliphatic heterocycles. The number of carbonyl (C=O) groups excluding carboxylic acids is 2. The maximum atomic E-state index is 11.0. The normalized spacial score (nSPS) is 18.4. The highest BCUT2D eigenvalue weighted by atomic mass is 16.2. The lowest BCUT2D eigenvalue weighted by atomic mass is 9.91. The monoisotopic (exact) mass is 181 g/mol. The fourth-order valence-corrected chi connectivity index (χ4v) is 1.66. The molecule has 0 aromatic carbocycles. The Morgan fingerprint density at radius 3 is 2.38 bits per heavy atom. The predicted octanol–water partition coefficient (Wildman–Crippen LogP) is 1.000. The van der Waals surface area contributed by atoms with E-state index in [1.54, 1.807) is 6.92 Å². The third kappa shape index (κ3) is 2.41. The van der Waals surface area contributed by atoms with Gasteiger partial charge in [0.05, 0.1) is 0 Å². The van der Waals surface area contributed by atoms with E-state index in [4.69, 9.17) is 0 Å². The van der Waals surface area contributed by atoms with Gasteiger partial charge in [0.25, 0.3) is 0 Å². The zero-order chi connectivity index (χ0) is 9.84. The Labute approximate surface area is 78.4 Å². The Hall–Kier alpha value is -1.12. The summed E-state index contributed by atoms with van der Waals surface area (Å²) in [5.41, 5.74) is 0.670. The van der Waals surface area contributed by atoms with Crippen molar-refractivity contribution in [3.05, 3.63) is 12.2 Å². The van der Waals surface area contributed by atoms with Gasteiger partial charge in [-0.25, -0.2) is 0 Å². The van der Waals surface area contributed by atoms with E-state index in [1.807, 2.05) is 4.90 Å². The van der Waals surface area contributed by atoms with E-state index in [0.717, 1.165) is 32.2 Å². The molecule has 0 spiro atoms. The van der Waals surface area contributed by atoms with E-state index in [0.29, 0.717) is 5.57 Å². The van der Waals surface area contributed by atoms with Crippen LogP contribution in [-0.4, -0.2) is 30.2 Å². The van der Waals surface area contributed by atoms with Crippen LogP contribution in [-0.2, 0) is 9.59 Å². The summed E-state index contributed by atoms with van der Waals surface area (Å²) in [6.07, 6.45) is 2.57. The van der Waals surface area contributed by atoms with Crippen molar-refractivity contribution in [1.29, 1.82) is 0 Å². The lowest BCUT2D eigenvalue weighted by Crippen LogP contribution is -2.37. The first-order valence-electron chi connectivity index (χ1n) is 4.54. The van der Waals surface area contributed by atoms with Crippen molar-refractivity contribution in [2.24, 2.45) is 5.92 Å². The zero-order valence-corrected chi connectivity index (χ0v) is 7.95. The molecule has 1 rings (SSSR count). The van der Waals surface area contributed by atoms with Gasteiger partial charge in [0.1, 0.15) is 6.29 Å². The Bertz CT molecular complexity index is 227. The first-order valence-corrected chi connectivity index (χ1v) is 4.54. The fraction of sp³-hybridized carbons (Fsp3) is 0.600. The average Bonchev–Trinajstić information content (AvgIpc) is 2.17. The highest BCUT2D eigenvalue weighted by Crippen LogP contribution is 2.22. The summed E-state index contributed by atoms with van der Waals surface area (Å²) < 4.78 is 0. The van der Waals surface area contributed by atoms with Crippen LogP contribution in [0.1, 0.15) is 19.8 Å². The first-order chi connectivity index (χ1) is 6.15. The largest absolute Gasteiger partial charge is 0.343 e. The minimum Gasteiger partial charge on any atom is -0.343 e. The highest BCUT2D eigenvalue weighted by molar-refractivity contribution is 5.74. The van der Waals surface area contributed by atoms with E-state index in [1.165, 1.54) is 0 Å². The van der Waals surface area contributed by atoms with Crippen molar-refractivity contribution in [3.8, 4) is 0 Å². The molecular weight excluding hydrogens is 166 g/mol. The summed E-state index contributed by atoms with van der Waals surface area (Å²) in [6.45, 7) is 6.79. The van der Waals surface area contributed by atoms with E-state index in [2.05, 4.69) is 6.58 Å². The molecule has 1 aliphatic rings. The SMILES string of the molecule is C=C(C=O)C1CCN(C(C)=O)CC1. The number of hydrogen-bond acceptors (Lipinski definition) is 2. The third-order valence-electron chi connectivity index (χ3n) is 2.62. The number of rotatable bonds is 2. The molecule has 1 fully saturated rings. The van der Waals surface area contributed by atoms with E-state index < -0.39 is 0 Å². The van der Waals surface area contributed by atoms with Crippen LogP contribution >= 0.6 is 0 Å². The molecule has 0 radical (unpaired) electrons. The van der Waals surface area contributed by atoms with Crippen LogP contribution in [0.4, 0.5) is 0 Å². The van der Waals surface area contributed by atoms with E-state index in [-0.39, 0.29) is 11.8 Å². The van der Waals surface area contributed by atoms with Crippen molar-refractivity contribution in [1.82, 2.24) is 4.90 Å². The third-order valence-corrected chi connectivity index (χ3v) is 2.62. The van der Waals surface area contributed by atoms with Crippen molar-refractivity contribution >= 4 is 12.2 Å². The summed E-state index contributed by atoms with van der Waals surface area (Å²) in [5.74, 6) is 0.406. The molecule has 0 unspecified atom stereocenters. The number of carbonyl (C=O) groups is 2. The second-order valence-electron chi connectivity index (χ2n) is 3.47. The molecule has 0 aliphatic carbocycles. The summed E-state index contributed by atoms with van der Waals surface area (Å²) >= 11 is 0. The highest BCUT2D eigenvalue weighted by Gasteiger charge is 2.21. The Balaban J connectivity index is 2.43. The first kappa shape index (κ1) is 9.96. The molecule has 0 bridgehead atoms. The summed E-state index contributed by atoms with van der Waals surface area (Å²) in [7, 11) is 0. The van der Waals surface area contributed by atoms with Gasteiger partial charge in [-0.05, 0) is 24.3 Å². The van der Waals surface area contributed by atoms with E-state index >= 15 is 0 Å². The minimum absolute atomic E-state index is 0.121. The number of aldehydes is 1. The lowest BCUT2D eigenvalue weighted by molar-refractivity contribution is -0.130. The van der Waals surface area contributed by atoms with Gasteiger partial charge in [-0.2, -0.15) is 0 Å². The standard InChI is InChI=1S/C10H15NO2/c1-8(7-12)10-3-5-11(6-4-10)9(2)13/h7,10H,1,3-6H2,2H3. The lowest BCUT2D eigenvalue weighted by Gasteiger charge is -2.31.